The van der Waals surface area contributed by atoms with Gasteiger partial charge in [0.1, 0.15) is 17.4 Å². The van der Waals surface area contributed by atoms with Crippen LogP contribution in [0.5, 0.6) is 5.75 Å². The van der Waals surface area contributed by atoms with Crippen molar-refractivity contribution in [3.63, 3.8) is 0 Å². The Bertz CT molecular complexity index is 978. The van der Waals surface area contributed by atoms with Crippen LogP contribution in [0.2, 0.25) is 0 Å². The van der Waals surface area contributed by atoms with Gasteiger partial charge in [-0.2, -0.15) is 5.10 Å². The fourth-order valence-electron chi connectivity index (χ4n) is 2.60. The van der Waals surface area contributed by atoms with Gasteiger partial charge in [0.05, 0.1) is 24.2 Å². The summed E-state index contributed by atoms with van der Waals surface area (Å²) in [5.41, 5.74) is 1.49. The lowest BCUT2D eigenvalue weighted by atomic mass is 9.92. The first kappa shape index (κ1) is 19.4. The van der Waals surface area contributed by atoms with Gasteiger partial charge in [0.25, 0.3) is 0 Å². The number of carbonyl (C=O) groups excluding carboxylic acids is 1. The highest BCUT2D eigenvalue weighted by atomic mass is 19.1. The Balaban J connectivity index is 1.87. The first-order valence-corrected chi connectivity index (χ1v) is 8.85. The van der Waals surface area contributed by atoms with E-state index in [4.69, 9.17) is 4.74 Å². The van der Waals surface area contributed by atoms with E-state index in [2.05, 4.69) is 15.7 Å². The molecule has 3 rings (SSSR count). The predicted molar refractivity (Wildman–Crippen MR) is 108 cm³/mol. The van der Waals surface area contributed by atoms with E-state index in [1.807, 2.05) is 57.2 Å². The molecule has 28 heavy (non-hydrogen) atoms. The molecular weight excluding hydrogens is 359 g/mol. The first-order chi connectivity index (χ1) is 13.3. The van der Waals surface area contributed by atoms with Crippen LogP contribution in [0.15, 0.2) is 54.6 Å². The molecule has 1 aromatic heterocycles. The Kier molecular flexibility index (Phi) is 5.35. The monoisotopic (exact) mass is 382 g/mol. The standard InChI is InChI=1S/C21H23FN4O2/c1-21(2,3)18-13-19(26(25-18)14-8-6-5-7-9-14)24-20(27)23-17-11-10-15(28-4)12-16(17)22/h5-13H,1-4H3,(H2,23,24,27). The van der Waals surface area contributed by atoms with Crippen LogP contribution in [0, 0.1) is 5.82 Å². The summed E-state index contributed by atoms with van der Waals surface area (Å²) in [5.74, 6) is 0.282. The first-order valence-electron chi connectivity index (χ1n) is 8.85. The number of halogens is 1. The zero-order valence-electron chi connectivity index (χ0n) is 16.3. The molecule has 0 radical (unpaired) electrons. The SMILES string of the molecule is COc1ccc(NC(=O)Nc2cc(C(C)(C)C)nn2-c2ccccc2)c(F)c1. The third-order valence-electron chi connectivity index (χ3n) is 4.14. The van der Waals surface area contributed by atoms with E-state index in [1.165, 1.54) is 19.2 Å². The molecule has 0 aliphatic rings. The fraction of sp³-hybridized carbons (Fsp3) is 0.238. The molecule has 2 aromatic carbocycles. The molecule has 1 heterocycles. The Morgan fingerprint density at radius 1 is 1.07 bits per heavy atom. The lowest BCUT2D eigenvalue weighted by Gasteiger charge is -2.14. The second-order valence-corrected chi connectivity index (χ2v) is 7.34. The second-order valence-electron chi connectivity index (χ2n) is 7.34. The van der Waals surface area contributed by atoms with E-state index >= 15 is 0 Å². The summed E-state index contributed by atoms with van der Waals surface area (Å²) in [6, 6.07) is 15.0. The lowest BCUT2D eigenvalue weighted by molar-refractivity contribution is 0.262. The molecule has 0 spiro atoms. The number of nitrogens with one attached hydrogen (secondary N) is 2. The number of anilines is 2. The van der Waals surface area contributed by atoms with Crippen molar-refractivity contribution in [3.05, 3.63) is 66.1 Å². The minimum atomic E-state index is -0.582. The Labute approximate surface area is 163 Å². The van der Waals surface area contributed by atoms with Crippen molar-refractivity contribution in [2.45, 2.75) is 26.2 Å². The number of methoxy groups -OCH3 is 1. The highest BCUT2D eigenvalue weighted by Crippen LogP contribution is 2.27. The molecule has 3 aromatic rings. The zero-order chi connectivity index (χ0) is 20.3. The maximum absolute atomic E-state index is 14.1. The van der Waals surface area contributed by atoms with Gasteiger partial charge in [-0.25, -0.2) is 13.9 Å². The molecule has 0 saturated carbocycles. The van der Waals surface area contributed by atoms with Crippen LogP contribution in [0.25, 0.3) is 5.69 Å². The Hall–Kier alpha value is -3.35. The van der Waals surface area contributed by atoms with Crippen LogP contribution in [0.1, 0.15) is 26.5 Å². The molecule has 0 saturated heterocycles. The van der Waals surface area contributed by atoms with Crippen molar-refractivity contribution in [1.29, 1.82) is 0 Å². The van der Waals surface area contributed by atoms with Gasteiger partial charge in [-0.05, 0) is 24.3 Å². The molecule has 0 unspecified atom stereocenters. The molecular formula is C21H23FN4O2. The van der Waals surface area contributed by atoms with E-state index in [-0.39, 0.29) is 11.1 Å². The van der Waals surface area contributed by atoms with E-state index < -0.39 is 11.8 Å². The smallest absolute Gasteiger partial charge is 0.324 e. The molecule has 0 aliphatic heterocycles. The summed E-state index contributed by atoms with van der Waals surface area (Å²) in [5, 5.41) is 9.91. The van der Waals surface area contributed by atoms with Crippen LogP contribution in [-0.4, -0.2) is 22.9 Å². The van der Waals surface area contributed by atoms with E-state index in [9.17, 15) is 9.18 Å². The van der Waals surface area contributed by atoms with Gasteiger partial charge in [0.15, 0.2) is 0 Å². The summed E-state index contributed by atoms with van der Waals surface area (Å²) in [4.78, 5) is 12.5. The van der Waals surface area contributed by atoms with Crippen molar-refractivity contribution in [3.8, 4) is 11.4 Å². The largest absolute Gasteiger partial charge is 0.497 e. The molecule has 2 amide bonds. The van der Waals surface area contributed by atoms with Gasteiger partial charge in [0.2, 0.25) is 0 Å². The molecule has 0 fully saturated rings. The third-order valence-corrected chi connectivity index (χ3v) is 4.14. The maximum Gasteiger partial charge on any atom is 0.324 e. The molecule has 7 heteroatoms. The number of rotatable bonds is 4. The third kappa shape index (κ3) is 4.31. The van der Waals surface area contributed by atoms with Crippen molar-refractivity contribution >= 4 is 17.5 Å². The predicted octanol–water partition coefficient (Wildman–Crippen LogP) is 4.96. The summed E-state index contributed by atoms with van der Waals surface area (Å²) in [6.07, 6.45) is 0. The topological polar surface area (TPSA) is 68.2 Å². The highest BCUT2D eigenvalue weighted by molar-refractivity contribution is 5.99. The van der Waals surface area contributed by atoms with Crippen LogP contribution < -0.4 is 15.4 Å². The normalized spacial score (nSPS) is 11.2. The van der Waals surface area contributed by atoms with Crippen molar-refractivity contribution in [1.82, 2.24) is 9.78 Å². The van der Waals surface area contributed by atoms with Crippen LogP contribution >= 0.6 is 0 Å². The number of hydrogen-bond donors (Lipinski definition) is 2. The zero-order valence-corrected chi connectivity index (χ0v) is 16.3. The summed E-state index contributed by atoms with van der Waals surface area (Å²) in [6.45, 7) is 6.13. The number of carbonyl (C=O) groups is 1. The fourth-order valence-corrected chi connectivity index (χ4v) is 2.60. The van der Waals surface area contributed by atoms with Gasteiger partial charge in [-0.15, -0.1) is 0 Å². The van der Waals surface area contributed by atoms with Crippen molar-refractivity contribution in [2.75, 3.05) is 17.7 Å². The average Bonchev–Trinajstić information content (AvgIpc) is 3.08. The minimum Gasteiger partial charge on any atom is -0.497 e. The number of para-hydroxylation sites is 1. The van der Waals surface area contributed by atoms with Crippen molar-refractivity contribution in [2.24, 2.45) is 0 Å². The molecule has 0 bridgehead atoms. The number of benzene rings is 2. The summed E-state index contributed by atoms with van der Waals surface area (Å²) < 4.78 is 20.7. The average molecular weight is 382 g/mol. The Morgan fingerprint density at radius 3 is 2.39 bits per heavy atom. The van der Waals surface area contributed by atoms with E-state index in [0.29, 0.717) is 11.6 Å². The molecule has 6 nitrogen and oxygen atoms in total. The maximum atomic E-state index is 14.1. The second kappa shape index (κ2) is 7.72. The number of nitrogens with zero attached hydrogens (tertiary/aromatic N) is 2. The van der Waals surface area contributed by atoms with Crippen molar-refractivity contribution < 1.29 is 13.9 Å². The summed E-state index contributed by atoms with van der Waals surface area (Å²) in [7, 11) is 1.45. The van der Waals surface area contributed by atoms with E-state index in [0.717, 1.165) is 11.4 Å². The van der Waals surface area contributed by atoms with Crippen LogP contribution in [0.3, 0.4) is 0 Å². The highest BCUT2D eigenvalue weighted by Gasteiger charge is 2.21. The number of hydrogen-bond acceptors (Lipinski definition) is 3. The molecule has 0 atom stereocenters. The van der Waals surface area contributed by atoms with E-state index in [1.54, 1.807) is 10.7 Å². The number of aromatic nitrogens is 2. The van der Waals surface area contributed by atoms with Crippen LogP contribution in [-0.2, 0) is 5.41 Å². The van der Waals surface area contributed by atoms with Gasteiger partial charge >= 0.3 is 6.03 Å². The number of urea groups is 1. The summed E-state index contributed by atoms with van der Waals surface area (Å²) >= 11 is 0. The number of ether oxygens (including phenoxy) is 1. The number of amides is 2. The quantitative estimate of drug-likeness (QED) is 0.670. The van der Waals surface area contributed by atoms with Crippen LogP contribution in [0.4, 0.5) is 20.7 Å². The Morgan fingerprint density at radius 2 is 1.79 bits per heavy atom. The lowest BCUT2D eigenvalue weighted by Crippen LogP contribution is -2.21. The van der Waals surface area contributed by atoms with Gasteiger partial charge in [-0.1, -0.05) is 39.0 Å². The van der Waals surface area contributed by atoms with Gasteiger partial charge in [0, 0.05) is 17.5 Å². The van der Waals surface area contributed by atoms with Gasteiger partial charge < -0.3 is 10.1 Å². The molecule has 146 valence electrons. The van der Waals surface area contributed by atoms with Gasteiger partial charge in [-0.3, -0.25) is 5.32 Å². The molecule has 0 aliphatic carbocycles. The minimum absolute atomic E-state index is 0.0557. The molecule has 2 N–H and O–H groups in total.